The molecular weight excluding hydrogens is 852 g/mol. The molecule has 2 aromatic carbocycles. The van der Waals surface area contributed by atoms with Crippen LogP contribution in [0.5, 0.6) is 0 Å². The van der Waals surface area contributed by atoms with Crippen LogP contribution in [0.1, 0.15) is 99.3 Å². The van der Waals surface area contributed by atoms with E-state index in [4.69, 9.17) is 0 Å². The van der Waals surface area contributed by atoms with Gasteiger partial charge in [-0.05, 0) is 143 Å². The van der Waals surface area contributed by atoms with Crippen molar-refractivity contribution in [3.05, 3.63) is 129 Å². The standard InChI is InChI=1S/C26H32Br2N2.C16H24Br2/c27-25-15-9-19-29(21-25)17-7-1-3-11-23-13-5-6-14-24(23)12-4-2-8-18-30-20-10-16-26(28)22-30;17-13-7-1-3-9-15-11-5-6-12-16(15)10-4-2-8-14-18/h5-6,9-10,13-16,19-22H,1-4,7-8,11-12,17-18H2;5-6,11-12H,1-4,7-10,13-14H2/q+2;. The molecule has 0 saturated carbocycles. The highest BCUT2D eigenvalue weighted by molar-refractivity contribution is 9.11. The molecule has 0 saturated heterocycles. The molecule has 0 aliphatic carbocycles. The molecular formula is C42H56Br4N2+2. The summed E-state index contributed by atoms with van der Waals surface area (Å²) in [6, 6.07) is 26.4. The van der Waals surface area contributed by atoms with Crippen LogP contribution in [0.15, 0.2) is 107 Å². The number of hydrogen-bond acceptors (Lipinski definition) is 0. The van der Waals surface area contributed by atoms with Gasteiger partial charge in [0.05, 0.1) is 8.95 Å². The van der Waals surface area contributed by atoms with Gasteiger partial charge < -0.3 is 0 Å². The SMILES string of the molecule is BrCCCCCc1ccccc1CCCCCBr.Brc1ccc[n+](CCCCCc2ccccc2CCCCC[n+]2cccc(Br)c2)c1. The van der Waals surface area contributed by atoms with E-state index in [1.165, 1.54) is 103 Å². The number of benzene rings is 2. The Kier molecular flexibility index (Phi) is 22.7. The average molecular weight is 909 g/mol. The summed E-state index contributed by atoms with van der Waals surface area (Å²) in [5, 5.41) is 2.28. The van der Waals surface area contributed by atoms with Crippen molar-refractivity contribution in [3.8, 4) is 0 Å². The number of unbranched alkanes of at least 4 members (excludes halogenated alkanes) is 8. The van der Waals surface area contributed by atoms with E-state index in [9.17, 15) is 0 Å². The Bertz CT molecular complexity index is 1300. The van der Waals surface area contributed by atoms with Gasteiger partial charge in [0.1, 0.15) is 13.1 Å². The summed E-state index contributed by atoms with van der Waals surface area (Å²) in [5.41, 5.74) is 6.25. The van der Waals surface area contributed by atoms with E-state index in [0.29, 0.717) is 0 Å². The van der Waals surface area contributed by atoms with Gasteiger partial charge in [-0.25, -0.2) is 9.13 Å². The molecule has 0 aliphatic rings. The molecule has 0 fully saturated rings. The second-order valence-corrected chi connectivity index (χ2v) is 16.1. The summed E-state index contributed by atoms with van der Waals surface area (Å²) in [4.78, 5) is 0. The molecule has 0 atom stereocenters. The number of alkyl halides is 2. The minimum absolute atomic E-state index is 1.09. The van der Waals surface area contributed by atoms with Crippen molar-refractivity contribution >= 4 is 63.7 Å². The Morgan fingerprint density at radius 3 is 1.02 bits per heavy atom. The summed E-state index contributed by atoms with van der Waals surface area (Å²) in [6.45, 7) is 2.19. The summed E-state index contributed by atoms with van der Waals surface area (Å²) < 4.78 is 6.83. The van der Waals surface area contributed by atoms with Crippen molar-refractivity contribution in [1.82, 2.24) is 0 Å². The van der Waals surface area contributed by atoms with Gasteiger partial charge in [0, 0.05) is 35.6 Å². The third-order valence-corrected chi connectivity index (χ3v) is 10.8. The number of aryl methyl sites for hydroxylation is 6. The smallest absolute Gasteiger partial charge is 0.183 e. The van der Waals surface area contributed by atoms with Gasteiger partial charge >= 0.3 is 0 Å². The van der Waals surface area contributed by atoms with Gasteiger partial charge in [0.25, 0.3) is 0 Å². The molecule has 0 radical (unpaired) electrons. The van der Waals surface area contributed by atoms with E-state index >= 15 is 0 Å². The molecule has 0 amide bonds. The van der Waals surface area contributed by atoms with Gasteiger partial charge in [0.15, 0.2) is 24.8 Å². The van der Waals surface area contributed by atoms with E-state index in [1.54, 1.807) is 22.3 Å². The zero-order valence-corrected chi connectivity index (χ0v) is 35.1. The number of halogens is 4. The normalized spacial score (nSPS) is 10.9. The van der Waals surface area contributed by atoms with Crippen LogP contribution in [0.3, 0.4) is 0 Å². The number of rotatable bonds is 22. The van der Waals surface area contributed by atoms with E-state index < -0.39 is 0 Å². The van der Waals surface area contributed by atoms with Crippen LogP contribution in [-0.4, -0.2) is 10.7 Å². The van der Waals surface area contributed by atoms with Crippen LogP contribution in [0.2, 0.25) is 0 Å². The Morgan fingerprint density at radius 1 is 0.375 bits per heavy atom. The largest absolute Gasteiger partial charge is 0.204 e. The topological polar surface area (TPSA) is 7.76 Å². The highest BCUT2D eigenvalue weighted by Crippen LogP contribution is 2.18. The fourth-order valence-electron chi connectivity index (χ4n) is 6.10. The number of nitrogens with zero attached hydrogens (tertiary/aromatic N) is 2. The van der Waals surface area contributed by atoms with Crippen LogP contribution in [-0.2, 0) is 38.8 Å². The molecule has 2 nitrogen and oxygen atoms in total. The van der Waals surface area contributed by atoms with Crippen LogP contribution >= 0.6 is 63.7 Å². The maximum Gasteiger partial charge on any atom is 0.183 e. The van der Waals surface area contributed by atoms with Gasteiger partial charge in [-0.1, -0.05) is 93.2 Å². The van der Waals surface area contributed by atoms with Crippen molar-refractivity contribution in [2.45, 2.75) is 116 Å². The van der Waals surface area contributed by atoms with E-state index in [-0.39, 0.29) is 0 Å². The summed E-state index contributed by atoms with van der Waals surface area (Å²) in [6.07, 6.45) is 29.0. The molecule has 0 bridgehead atoms. The summed E-state index contributed by atoms with van der Waals surface area (Å²) in [7, 11) is 0. The Labute approximate surface area is 325 Å². The molecule has 260 valence electrons. The number of pyridine rings is 2. The maximum atomic E-state index is 3.54. The predicted molar refractivity (Wildman–Crippen MR) is 219 cm³/mol. The minimum Gasteiger partial charge on any atom is -0.204 e. The van der Waals surface area contributed by atoms with Gasteiger partial charge in [-0.15, -0.1) is 0 Å². The first-order valence-corrected chi connectivity index (χ1v) is 22.0. The monoisotopic (exact) mass is 904 g/mol. The van der Waals surface area contributed by atoms with Gasteiger partial charge in [-0.2, -0.15) is 0 Å². The van der Waals surface area contributed by atoms with E-state index in [0.717, 1.165) is 32.7 Å². The summed E-state index contributed by atoms with van der Waals surface area (Å²) >= 11 is 14.1. The first kappa shape index (κ1) is 41.1. The first-order valence-electron chi connectivity index (χ1n) is 18.1. The fourth-order valence-corrected chi connectivity index (χ4v) is 7.72. The first-order chi connectivity index (χ1) is 23.6. The molecule has 48 heavy (non-hydrogen) atoms. The lowest BCUT2D eigenvalue weighted by atomic mass is 9.97. The fraction of sp³-hybridized carbons (Fsp3) is 0.476. The highest BCUT2D eigenvalue weighted by Gasteiger charge is 2.06. The van der Waals surface area contributed by atoms with Gasteiger partial charge in [0.2, 0.25) is 0 Å². The zero-order chi connectivity index (χ0) is 34.1. The molecule has 0 aliphatic heterocycles. The van der Waals surface area contributed by atoms with Crippen molar-refractivity contribution in [2.75, 3.05) is 10.7 Å². The lowest BCUT2D eigenvalue weighted by Crippen LogP contribution is -2.32. The molecule has 0 N–H and O–H groups in total. The second kappa shape index (κ2) is 26.5. The lowest BCUT2D eigenvalue weighted by Gasteiger charge is -2.09. The lowest BCUT2D eigenvalue weighted by molar-refractivity contribution is -0.698. The third kappa shape index (κ3) is 18.1. The molecule has 6 heteroatoms. The Hall–Kier alpha value is -1.34. The molecule has 4 aromatic rings. The van der Waals surface area contributed by atoms with Crippen molar-refractivity contribution in [3.63, 3.8) is 0 Å². The Balaban J connectivity index is 0.000000297. The number of aromatic nitrogens is 2. The van der Waals surface area contributed by atoms with Gasteiger partial charge in [-0.3, -0.25) is 0 Å². The van der Waals surface area contributed by atoms with Crippen LogP contribution in [0, 0.1) is 0 Å². The van der Waals surface area contributed by atoms with Crippen molar-refractivity contribution in [1.29, 1.82) is 0 Å². The highest BCUT2D eigenvalue weighted by atomic mass is 79.9. The quantitative estimate of drug-likeness (QED) is 0.0422. The van der Waals surface area contributed by atoms with E-state index in [1.807, 2.05) is 0 Å². The van der Waals surface area contributed by atoms with Crippen LogP contribution in [0.25, 0.3) is 0 Å². The predicted octanol–water partition coefficient (Wildman–Crippen LogP) is 12.5. The molecule has 2 aromatic heterocycles. The number of hydrogen-bond donors (Lipinski definition) is 0. The maximum absolute atomic E-state index is 3.54. The molecule has 0 unspecified atom stereocenters. The Morgan fingerprint density at radius 2 is 0.708 bits per heavy atom. The average Bonchev–Trinajstić information content (AvgIpc) is 3.10. The minimum atomic E-state index is 1.09. The van der Waals surface area contributed by atoms with Crippen molar-refractivity contribution < 1.29 is 9.13 Å². The zero-order valence-electron chi connectivity index (χ0n) is 28.8. The van der Waals surface area contributed by atoms with Crippen LogP contribution in [0.4, 0.5) is 0 Å². The second-order valence-electron chi connectivity index (χ2n) is 12.7. The molecule has 0 spiro atoms. The van der Waals surface area contributed by atoms with E-state index in [2.05, 4.69) is 170 Å². The third-order valence-electron chi connectivity index (χ3n) is 8.77. The van der Waals surface area contributed by atoms with Crippen LogP contribution < -0.4 is 9.13 Å². The molecule has 4 rings (SSSR count). The summed E-state index contributed by atoms with van der Waals surface area (Å²) in [5.74, 6) is 0. The van der Waals surface area contributed by atoms with Crippen molar-refractivity contribution in [2.24, 2.45) is 0 Å². The molecule has 2 heterocycles.